The SMILES string of the molecule is O=C1c2ccc(Cl)cc2-n2c1cc1c2C(=O)CCC1. The van der Waals surface area contributed by atoms with E-state index in [-0.39, 0.29) is 11.6 Å². The van der Waals surface area contributed by atoms with E-state index in [9.17, 15) is 9.59 Å². The predicted molar refractivity (Wildman–Crippen MR) is 71.5 cm³/mol. The van der Waals surface area contributed by atoms with Crippen LogP contribution in [0, 0.1) is 0 Å². The van der Waals surface area contributed by atoms with E-state index in [1.165, 1.54) is 0 Å². The van der Waals surface area contributed by atoms with Gasteiger partial charge in [-0.25, -0.2) is 0 Å². The van der Waals surface area contributed by atoms with Crippen molar-refractivity contribution in [2.24, 2.45) is 0 Å². The van der Waals surface area contributed by atoms with Crippen molar-refractivity contribution < 1.29 is 9.59 Å². The van der Waals surface area contributed by atoms with Crippen molar-refractivity contribution in [3.05, 3.63) is 51.8 Å². The fraction of sp³-hybridized carbons (Fsp3) is 0.200. The van der Waals surface area contributed by atoms with Gasteiger partial charge in [-0.15, -0.1) is 0 Å². The van der Waals surface area contributed by atoms with Crippen LogP contribution in [0.3, 0.4) is 0 Å². The number of aromatic nitrogens is 1. The number of fused-ring (bicyclic) bond motifs is 5. The summed E-state index contributed by atoms with van der Waals surface area (Å²) in [6, 6.07) is 7.06. The number of ketones is 2. The van der Waals surface area contributed by atoms with Crippen LogP contribution in [0.4, 0.5) is 0 Å². The van der Waals surface area contributed by atoms with Gasteiger partial charge in [0.2, 0.25) is 5.78 Å². The standard InChI is InChI=1S/C15H10ClNO2/c16-9-4-5-10-11(7-9)17-12(15(10)19)6-8-2-1-3-13(18)14(8)17/h4-7H,1-3H2. The summed E-state index contributed by atoms with van der Waals surface area (Å²) in [6.45, 7) is 0. The minimum absolute atomic E-state index is 0.0196. The van der Waals surface area contributed by atoms with Crippen LogP contribution in [0.1, 0.15) is 44.9 Å². The van der Waals surface area contributed by atoms with E-state index in [1.807, 2.05) is 6.07 Å². The van der Waals surface area contributed by atoms with Crippen molar-refractivity contribution in [1.29, 1.82) is 0 Å². The maximum atomic E-state index is 12.3. The highest BCUT2D eigenvalue weighted by atomic mass is 35.5. The highest BCUT2D eigenvalue weighted by Gasteiger charge is 2.34. The molecule has 94 valence electrons. The minimum atomic E-state index is -0.0196. The van der Waals surface area contributed by atoms with E-state index in [1.54, 1.807) is 22.8 Å². The average molecular weight is 272 g/mol. The highest BCUT2D eigenvalue weighted by molar-refractivity contribution is 6.31. The zero-order chi connectivity index (χ0) is 13.1. The van der Waals surface area contributed by atoms with Crippen molar-refractivity contribution >= 4 is 23.2 Å². The third-order valence-electron chi connectivity index (χ3n) is 3.87. The first-order chi connectivity index (χ1) is 9.16. The molecule has 0 fully saturated rings. The van der Waals surface area contributed by atoms with E-state index in [0.29, 0.717) is 28.4 Å². The van der Waals surface area contributed by atoms with Crippen LogP contribution < -0.4 is 0 Å². The topological polar surface area (TPSA) is 39.1 Å². The predicted octanol–water partition coefficient (Wildman–Crippen LogP) is 3.19. The van der Waals surface area contributed by atoms with Crippen LogP contribution in [0.5, 0.6) is 0 Å². The van der Waals surface area contributed by atoms with Gasteiger partial charge in [0.15, 0.2) is 5.78 Å². The molecular formula is C15H10ClNO2. The van der Waals surface area contributed by atoms with Gasteiger partial charge in [0, 0.05) is 17.0 Å². The van der Waals surface area contributed by atoms with Crippen molar-refractivity contribution in [1.82, 2.24) is 4.57 Å². The van der Waals surface area contributed by atoms with E-state index in [0.717, 1.165) is 24.1 Å². The van der Waals surface area contributed by atoms with Gasteiger partial charge in [-0.1, -0.05) is 11.6 Å². The van der Waals surface area contributed by atoms with E-state index >= 15 is 0 Å². The molecule has 4 rings (SSSR count). The zero-order valence-electron chi connectivity index (χ0n) is 10.1. The van der Waals surface area contributed by atoms with E-state index < -0.39 is 0 Å². The first-order valence-electron chi connectivity index (χ1n) is 6.29. The molecule has 3 nitrogen and oxygen atoms in total. The lowest BCUT2D eigenvalue weighted by molar-refractivity contribution is 0.0965. The quantitative estimate of drug-likeness (QED) is 0.630. The molecule has 0 N–H and O–H groups in total. The van der Waals surface area contributed by atoms with Crippen LogP contribution in [0.15, 0.2) is 24.3 Å². The lowest BCUT2D eigenvalue weighted by atomic mass is 9.96. The summed E-state index contributed by atoms with van der Waals surface area (Å²) in [5, 5.41) is 0.574. The van der Waals surface area contributed by atoms with Crippen molar-refractivity contribution in [2.45, 2.75) is 19.3 Å². The first-order valence-corrected chi connectivity index (χ1v) is 6.67. The number of halogens is 1. The number of nitrogens with zero attached hydrogens (tertiary/aromatic N) is 1. The van der Waals surface area contributed by atoms with Crippen LogP contribution in [0.2, 0.25) is 5.02 Å². The first kappa shape index (κ1) is 11.0. The number of Topliss-reactive ketones (excluding diaryl/α,β-unsaturated/α-hetero) is 1. The molecule has 2 heterocycles. The van der Waals surface area contributed by atoms with Crippen molar-refractivity contribution in [3.8, 4) is 5.69 Å². The Balaban J connectivity index is 2.08. The van der Waals surface area contributed by atoms with Crippen molar-refractivity contribution in [2.75, 3.05) is 0 Å². The summed E-state index contributed by atoms with van der Waals surface area (Å²) in [4.78, 5) is 24.5. The average Bonchev–Trinajstić information content (AvgIpc) is 2.88. The van der Waals surface area contributed by atoms with Gasteiger partial charge in [-0.3, -0.25) is 9.59 Å². The summed E-state index contributed by atoms with van der Waals surface area (Å²) in [5.41, 5.74) is 3.63. The number of hydrogen-bond acceptors (Lipinski definition) is 2. The second kappa shape index (κ2) is 3.58. The summed E-state index contributed by atoms with van der Waals surface area (Å²) in [6.07, 6.45) is 2.29. The van der Waals surface area contributed by atoms with Crippen LogP contribution in [-0.2, 0) is 6.42 Å². The molecule has 0 unspecified atom stereocenters. The monoisotopic (exact) mass is 271 g/mol. The highest BCUT2D eigenvalue weighted by Crippen LogP contribution is 2.36. The Labute approximate surface area is 114 Å². The molecule has 0 spiro atoms. The molecule has 2 aliphatic rings. The molecule has 0 atom stereocenters. The maximum Gasteiger partial charge on any atom is 0.211 e. The van der Waals surface area contributed by atoms with Crippen LogP contribution in [0.25, 0.3) is 5.69 Å². The number of carbonyl (C=O) groups is 2. The van der Waals surface area contributed by atoms with Gasteiger partial charge in [-0.2, -0.15) is 0 Å². The Hall–Kier alpha value is -1.87. The summed E-state index contributed by atoms with van der Waals surface area (Å²) in [5.74, 6) is 0.0991. The Morgan fingerprint density at radius 2 is 1.95 bits per heavy atom. The van der Waals surface area contributed by atoms with E-state index in [4.69, 9.17) is 11.6 Å². The van der Waals surface area contributed by atoms with Crippen molar-refractivity contribution in [3.63, 3.8) is 0 Å². The third kappa shape index (κ3) is 1.33. The normalized spacial score (nSPS) is 16.3. The number of benzene rings is 1. The smallest absolute Gasteiger partial charge is 0.211 e. The molecular weight excluding hydrogens is 262 g/mol. The molecule has 1 aromatic carbocycles. The molecule has 0 bridgehead atoms. The van der Waals surface area contributed by atoms with Crippen LogP contribution in [-0.4, -0.2) is 16.1 Å². The molecule has 1 aromatic heterocycles. The Kier molecular flexibility index (Phi) is 2.07. The van der Waals surface area contributed by atoms with Gasteiger partial charge in [-0.05, 0) is 42.7 Å². The molecule has 0 radical (unpaired) electrons. The molecule has 1 aliphatic carbocycles. The molecule has 19 heavy (non-hydrogen) atoms. The lowest BCUT2D eigenvalue weighted by Gasteiger charge is -2.14. The summed E-state index contributed by atoms with van der Waals surface area (Å²) >= 11 is 6.01. The Morgan fingerprint density at radius 1 is 1.11 bits per heavy atom. The largest absolute Gasteiger partial charge is 0.302 e. The zero-order valence-corrected chi connectivity index (χ0v) is 10.8. The third-order valence-corrected chi connectivity index (χ3v) is 4.11. The second-order valence-electron chi connectivity index (χ2n) is 5.01. The second-order valence-corrected chi connectivity index (χ2v) is 5.44. The molecule has 1 aliphatic heterocycles. The Morgan fingerprint density at radius 3 is 2.79 bits per heavy atom. The number of rotatable bonds is 0. The Bertz CT molecular complexity index is 758. The lowest BCUT2D eigenvalue weighted by Crippen LogP contribution is -2.14. The summed E-state index contributed by atoms with van der Waals surface area (Å²) in [7, 11) is 0. The van der Waals surface area contributed by atoms with Gasteiger partial charge in [0.05, 0.1) is 17.1 Å². The number of aryl methyl sites for hydroxylation is 1. The minimum Gasteiger partial charge on any atom is -0.302 e. The van der Waals surface area contributed by atoms with Crippen LogP contribution >= 0.6 is 11.6 Å². The van der Waals surface area contributed by atoms with Gasteiger partial charge in [0.25, 0.3) is 0 Å². The van der Waals surface area contributed by atoms with Gasteiger partial charge >= 0.3 is 0 Å². The number of carbonyl (C=O) groups excluding carboxylic acids is 2. The van der Waals surface area contributed by atoms with Gasteiger partial charge in [0.1, 0.15) is 0 Å². The number of hydrogen-bond donors (Lipinski definition) is 0. The maximum absolute atomic E-state index is 12.3. The fourth-order valence-corrected chi connectivity index (χ4v) is 3.22. The molecule has 0 saturated carbocycles. The fourth-order valence-electron chi connectivity index (χ4n) is 3.05. The van der Waals surface area contributed by atoms with E-state index in [2.05, 4.69) is 0 Å². The molecule has 4 heteroatoms. The summed E-state index contributed by atoms with van der Waals surface area (Å²) < 4.78 is 1.79. The van der Waals surface area contributed by atoms with Gasteiger partial charge < -0.3 is 4.57 Å². The molecule has 2 aromatic rings. The molecule has 0 amide bonds. The molecule has 0 saturated heterocycles.